The van der Waals surface area contributed by atoms with E-state index in [1.807, 2.05) is 60.7 Å². The fourth-order valence-electron chi connectivity index (χ4n) is 7.44. The van der Waals surface area contributed by atoms with Crippen molar-refractivity contribution in [2.75, 3.05) is 0 Å². The summed E-state index contributed by atoms with van der Waals surface area (Å²) in [5.41, 5.74) is 10.5. The normalized spacial score (nSPS) is 14.3. The molecule has 52 heavy (non-hydrogen) atoms. The molecule has 1 aliphatic heterocycles. The van der Waals surface area contributed by atoms with E-state index < -0.39 is 6.17 Å². The van der Waals surface area contributed by atoms with Crippen molar-refractivity contribution in [1.82, 2.24) is 9.88 Å². The molecule has 0 spiro atoms. The summed E-state index contributed by atoms with van der Waals surface area (Å²) in [4.78, 5) is 10.2. The van der Waals surface area contributed by atoms with Crippen LogP contribution in [0.3, 0.4) is 0 Å². The molecule has 1 N–H and O–H groups in total. The number of furan rings is 1. The Balaban J connectivity index is 1.11. The fraction of sp³-hybridized carbons (Fsp3) is 0.0217. The highest BCUT2D eigenvalue weighted by Gasteiger charge is 2.22. The number of fused-ring (bicyclic) bond motifs is 6. The van der Waals surface area contributed by atoms with E-state index in [9.17, 15) is 5.26 Å². The molecule has 1 unspecified atom stereocenters. The number of amidine groups is 2. The van der Waals surface area contributed by atoms with Crippen LogP contribution in [0.25, 0.3) is 60.6 Å². The number of aliphatic imine (C=N–C) groups is 2. The second-order valence-electron chi connectivity index (χ2n) is 13.0. The molecule has 0 saturated heterocycles. The van der Waals surface area contributed by atoms with Gasteiger partial charge in [0.15, 0.2) is 6.17 Å². The fourth-order valence-corrected chi connectivity index (χ4v) is 7.44. The third-order valence-electron chi connectivity index (χ3n) is 9.87. The summed E-state index contributed by atoms with van der Waals surface area (Å²) in [6.45, 7) is 0. The Morgan fingerprint density at radius 2 is 1.27 bits per heavy atom. The largest absolute Gasteiger partial charge is 0.455 e. The van der Waals surface area contributed by atoms with E-state index in [0.29, 0.717) is 11.4 Å². The predicted octanol–water partition coefficient (Wildman–Crippen LogP) is 10.7. The van der Waals surface area contributed by atoms with E-state index in [0.717, 1.165) is 77.7 Å². The van der Waals surface area contributed by atoms with E-state index >= 15 is 0 Å². The first kappa shape index (κ1) is 29.7. The highest BCUT2D eigenvalue weighted by atomic mass is 16.3. The van der Waals surface area contributed by atoms with Gasteiger partial charge in [-0.1, -0.05) is 115 Å². The molecular formula is C46H29N5O. The van der Waals surface area contributed by atoms with Gasteiger partial charge < -0.3 is 14.3 Å². The number of aromatic nitrogens is 1. The highest BCUT2D eigenvalue weighted by molar-refractivity contribution is 6.16. The van der Waals surface area contributed by atoms with Crippen LogP contribution in [0.5, 0.6) is 0 Å². The molecule has 0 fully saturated rings. The quantitative estimate of drug-likeness (QED) is 0.198. The lowest BCUT2D eigenvalue weighted by atomic mass is 10.0. The van der Waals surface area contributed by atoms with Crippen molar-refractivity contribution in [3.8, 4) is 22.9 Å². The van der Waals surface area contributed by atoms with Gasteiger partial charge in [-0.2, -0.15) is 5.26 Å². The van der Waals surface area contributed by atoms with Crippen LogP contribution < -0.4 is 5.32 Å². The number of hydrogen-bond donors (Lipinski definition) is 1. The van der Waals surface area contributed by atoms with Gasteiger partial charge in [-0.05, 0) is 54.1 Å². The van der Waals surface area contributed by atoms with Crippen LogP contribution in [0.1, 0.15) is 28.4 Å². The van der Waals surface area contributed by atoms with Gasteiger partial charge >= 0.3 is 0 Å². The molecule has 6 nitrogen and oxygen atoms in total. The number of rotatable bonds is 5. The van der Waals surface area contributed by atoms with Crippen molar-refractivity contribution in [2.24, 2.45) is 9.98 Å². The Morgan fingerprint density at radius 3 is 2.15 bits per heavy atom. The second-order valence-corrected chi connectivity index (χ2v) is 13.0. The molecule has 0 saturated carbocycles. The molecule has 10 rings (SSSR count). The number of hydrogen-bond acceptors (Lipinski definition) is 5. The molecule has 7 aromatic carbocycles. The van der Waals surface area contributed by atoms with Gasteiger partial charge in [-0.15, -0.1) is 0 Å². The standard InChI is InChI=1S/C46H29N5O/c47-28-29-11-8-14-32(25-29)45-48-44(30-12-2-1-3-13-30)49-46(50-45)33-15-9-16-34(26-33)51-40-21-6-4-17-36(40)39-27-31(23-24-41(39)51)35-19-10-20-38-37-18-5-7-22-42(37)52-43(35)38/h1-27,46H,(H,48,49,50). The predicted molar refractivity (Wildman–Crippen MR) is 210 cm³/mol. The smallest absolute Gasteiger partial charge is 0.169 e. The maximum Gasteiger partial charge on any atom is 0.169 e. The van der Waals surface area contributed by atoms with Crippen LogP contribution in [0.4, 0.5) is 0 Å². The first-order valence-corrected chi connectivity index (χ1v) is 17.2. The maximum absolute atomic E-state index is 9.59. The SMILES string of the molecule is N#Cc1cccc(C2=NC(c3cccc(-n4c5ccccc5c5cc(-c6cccc7c6oc6ccccc67)ccc54)c3)N=C(c3ccccc3)N2)c1. The van der Waals surface area contributed by atoms with Gasteiger partial charge in [0.1, 0.15) is 22.8 Å². The summed E-state index contributed by atoms with van der Waals surface area (Å²) >= 11 is 0. The van der Waals surface area contributed by atoms with E-state index in [-0.39, 0.29) is 0 Å². The molecule has 1 atom stereocenters. The van der Waals surface area contributed by atoms with Crippen LogP contribution in [0.15, 0.2) is 178 Å². The molecule has 0 amide bonds. The minimum atomic E-state index is -0.499. The highest BCUT2D eigenvalue weighted by Crippen LogP contribution is 2.39. The van der Waals surface area contributed by atoms with Gasteiger partial charge in [-0.3, -0.25) is 0 Å². The molecule has 0 radical (unpaired) electrons. The van der Waals surface area contributed by atoms with Crippen LogP contribution in [-0.2, 0) is 0 Å². The minimum absolute atomic E-state index is 0.499. The number of nitrogens with one attached hydrogen (secondary N) is 1. The van der Waals surface area contributed by atoms with Crippen LogP contribution in [0, 0.1) is 11.3 Å². The van der Waals surface area contributed by atoms with Crippen molar-refractivity contribution in [1.29, 1.82) is 5.26 Å². The maximum atomic E-state index is 9.59. The topological polar surface area (TPSA) is 78.6 Å². The van der Waals surface area contributed by atoms with Gasteiger partial charge in [0.05, 0.1) is 22.7 Å². The van der Waals surface area contributed by atoms with Crippen LogP contribution >= 0.6 is 0 Å². The van der Waals surface area contributed by atoms with E-state index in [1.54, 1.807) is 6.07 Å². The molecule has 1 aliphatic rings. The summed E-state index contributed by atoms with van der Waals surface area (Å²) in [5.74, 6) is 1.40. The first-order valence-electron chi connectivity index (χ1n) is 17.2. The molecule has 0 aliphatic carbocycles. The zero-order chi connectivity index (χ0) is 34.6. The number of para-hydroxylation sites is 3. The van der Waals surface area contributed by atoms with Crippen LogP contribution in [-0.4, -0.2) is 16.2 Å². The van der Waals surface area contributed by atoms with Crippen molar-refractivity contribution in [3.05, 3.63) is 186 Å². The van der Waals surface area contributed by atoms with E-state index in [2.05, 4.69) is 113 Å². The molecule has 2 aromatic heterocycles. The number of nitrogens with zero attached hydrogens (tertiary/aromatic N) is 4. The van der Waals surface area contributed by atoms with Gasteiger partial charge in [0.2, 0.25) is 0 Å². The summed E-state index contributed by atoms with van der Waals surface area (Å²) in [6, 6.07) is 58.2. The first-order chi connectivity index (χ1) is 25.7. The summed E-state index contributed by atoms with van der Waals surface area (Å²) in [7, 11) is 0. The average molecular weight is 668 g/mol. The Kier molecular flexibility index (Phi) is 6.83. The Labute approximate surface area is 299 Å². The van der Waals surface area contributed by atoms with Crippen molar-refractivity contribution in [3.63, 3.8) is 0 Å². The van der Waals surface area contributed by atoms with Crippen LogP contribution in [0.2, 0.25) is 0 Å². The monoisotopic (exact) mass is 667 g/mol. The lowest BCUT2D eigenvalue weighted by Gasteiger charge is -2.23. The molecule has 3 heterocycles. The van der Waals surface area contributed by atoms with E-state index in [4.69, 9.17) is 14.4 Å². The molecule has 6 heteroatoms. The average Bonchev–Trinajstić information content (AvgIpc) is 3.77. The Bertz CT molecular complexity index is 2960. The Hall–Kier alpha value is -7.23. The van der Waals surface area contributed by atoms with Crippen molar-refractivity contribution in [2.45, 2.75) is 6.17 Å². The number of benzene rings is 7. The lowest BCUT2D eigenvalue weighted by molar-refractivity contribution is 0.670. The molecule has 244 valence electrons. The zero-order valence-corrected chi connectivity index (χ0v) is 27.9. The Morgan fingerprint density at radius 1 is 0.558 bits per heavy atom. The molecule has 9 aromatic rings. The molecule has 0 bridgehead atoms. The second kappa shape index (κ2) is 12.0. The van der Waals surface area contributed by atoms with Crippen molar-refractivity contribution >= 4 is 55.4 Å². The van der Waals surface area contributed by atoms with E-state index in [1.165, 1.54) is 5.39 Å². The lowest BCUT2D eigenvalue weighted by Crippen LogP contribution is -2.36. The molecular weight excluding hydrogens is 639 g/mol. The minimum Gasteiger partial charge on any atom is -0.455 e. The summed E-state index contributed by atoms with van der Waals surface area (Å²) in [6.07, 6.45) is -0.499. The van der Waals surface area contributed by atoms with Gasteiger partial charge in [0, 0.05) is 49.5 Å². The third-order valence-corrected chi connectivity index (χ3v) is 9.87. The van der Waals surface area contributed by atoms with Crippen molar-refractivity contribution < 1.29 is 4.42 Å². The zero-order valence-electron chi connectivity index (χ0n) is 27.9. The van der Waals surface area contributed by atoms with Gasteiger partial charge in [0.25, 0.3) is 0 Å². The summed E-state index contributed by atoms with van der Waals surface area (Å²) < 4.78 is 8.74. The third kappa shape index (κ3) is 4.87. The van der Waals surface area contributed by atoms with Gasteiger partial charge in [-0.25, -0.2) is 9.98 Å². The number of nitriles is 1. The summed E-state index contributed by atoms with van der Waals surface area (Å²) in [5, 5.41) is 17.6.